The molecule has 0 radical (unpaired) electrons. The van der Waals surface area contributed by atoms with Crippen molar-refractivity contribution >= 4 is 17.5 Å². The maximum atomic E-state index is 12.2. The molecule has 5 heteroatoms. The van der Waals surface area contributed by atoms with Crippen LogP contribution in [-0.2, 0) is 6.42 Å². The molecule has 27 heavy (non-hydrogen) atoms. The molecule has 3 aromatic rings. The Kier molecular flexibility index (Phi) is 7.22. The Labute approximate surface area is 164 Å². The Morgan fingerprint density at radius 2 is 1.81 bits per heavy atom. The van der Waals surface area contributed by atoms with Crippen LogP contribution in [0.1, 0.15) is 48.4 Å². The molecule has 4 nitrogen and oxygen atoms in total. The van der Waals surface area contributed by atoms with E-state index in [9.17, 15) is 4.79 Å². The van der Waals surface area contributed by atoms with E-state index in [1.54, 1.807) is 24.2 Å². The van der Waals surface area contributed by atoms with Crippen molar-refractivity contribution in [3.63, 3.8) is 0 Å². The van der Waals surface area contributed by atoms with E-state index in [-0.39, 0.29) is 5.78 Å². The van der Waals surface area contributed by atoms with Gasteiger partial charge in [0.05, 0.1) is 6.20 Å². The zero-order valence-corrected chi connectivity index (χ0v) is 16.4. The van der Waals surface area contributed by atoms with E-state index in [0.29, 0.717) is 12.2 Å². The van der Waals surface area contributed by atoms with Crippen molar-refractivity contribution in [3.05, 3.63) is 66.3 Å². The van der Waals surface area contributed by atoms with Crippen molar-refractivity contribution < 1.29 is 9.21 Å². The first-order valence-corrected chi connectivity index (χ1v) is 10.5. The van der Waals surface area contributed by atoms with Crippen LogP contribution in [0.5, 0.6) is 0 Å². The number of unbranched alkanes of at least 4 members (excludes halogenated alkanes) is 3. The number of rotatable bonds is 10. The lowest BCUT2D eigenvalue weighted by molar-refractivity contribution is 0.0979. The van der Waals surface area contributed by atoms with E-state index in [2.05, 4.69) is 9.97 Å². The van der Waals surface area contributed by atoms with E-state index in [1.807, 2.05) is 48.7 Å². The summed E-state index contributed by atoms with van der Waals surface area (Å²) in [5.74, 6) is 1.69. The van der Waals surface area contributed by atoms with E-state index >= 15 is 0 Å². The first-order valence-electron chi connectivity index (χ1n) is 9.29. The predicted octanol–water partition coefficient (Wildman–Crippen LogP) is 5.83. The number of thioether (sulfide) groups is 1. The van der Waals surface area contributed by atoms with Gasteiger partial charge in [0.1, 0.15) is 5.69 Å². The Hall–Kier alpha value is -2.40. The molecule has 0 saturated heterocycles. The molecular formula is C22H24N2O2S. The second kappa shape index (κ2) is 10.1. The summed E-state index contributed by atoms with van der Waals surface area (Å²) in [6.45, 7) is 0. The third-order valence-electron chi connectivity index (χ3n) is 4.43. The average Bonchev–Trinajstić information content (AvgIpc) is 3.20. The highest BCUT2D eigenvalue weighted by atomic mass is 32.2. The molecule has 0 bridgehead atoms. The van der Waals surface area contributed by atoms with Crippen LogP contribution >= 0.6 is 11.8 Å². The molecular weight excluding hydrogens is 356 g/mol. The Balaban J connectivity index is 1.33. The van der Waals surface area contributed by atoms with Crippen LogP contribution in [0, 0.1) is 0 Å². The number of carbonyl (C=O) groups is 1. The van der Waals surface area contributed by atoms with Gasteiger partial charge in [-0.2, -0.15) is 0 Å². The number of aryl methyl sites for hydroxylation is 1. The van der Waals surface area contributed by atoms with Gasteiger partial charge in [0.25, 0.3) is 0 Å². The summed E-state index contributed by atoms with van der Waals surface area (Å²) in [5.41, 5.74) is 1.62. The predicted molar refractivity (Wildman–Crippen MR) is 109 cm³/mol. The molecule has 0 aliphatic rings. The minimum atomic E-state index is 0.232. The number of ketones is 1. The number of oxazole rings is 1. The normalized spacial score (nSPS) is 10.9. The lowest BCUT2D eigenvalue weighted by Gasteiger charge is -2.03. The van der Waals surface area contributed by atoms with Gasteiger partial charge in [-0.3, -0.25) is 9.78 Å². The van der Waals surface area contributed by atoms with E-state index < -0.39 is 0 Å². The topological polar surface area (TPSA) is 56.0 Å². The molecule has 0 aliphatic carbocycles. The molecule has 0 aliphatic heterocycles. The highest BCUT2D eigenvalue weighted by Gasteiger charge is 2.08. The van der Waals surface area contributed by atoms with Gasteiger partial charge >= 0.3 is 0 Å². The van der Waals surface area contributed by atoms with E-state index in [1.165, 1.54) is 4.90 Å². The first-order chi connectivity index (χ1) is 13.3. The van der Waals surface area contributed by atoms with Crippen LogP contribution in [0.4, 0.5) is 0 Å². The largest absolute Gasteiger partial charge is 0.439 e. The average molecular weight is 381 g/mol. The summed E-state index contributed by atoms with van der Waals surface area (Å²) in [6, 6.07) is 13.6. The monoisotopic (exact) mass is 380 g/mol. The zero-order chi connectivity index (χ0) is 18.9. The number of nitrogens with zero attached hydrogens (tertiary/aromatic N) is 2. The standard InChI is InChI=1S/C22H24N2O2S/c1-27-18-13-11-17(12-14-18)20(25)9-4-2-3-5-10-22-24-16-21(26-22)19-8-6-7-15-23-19/h6-8,11-16H,2-5,9-10H2,1H3. The smallest absolute Gasteiger partial charge is 0.194 e. The fourth-order valence-corrected chi connectivity index (χ4v) is 3.30. The number of carbonyl (C=O) groups excluding carboxylic acids is 1. The number of hydrogen-bond acceptors (Lipinski definition) is 5. The van der Waals surface area contributed by atoms with Crippen molar-refractivity contribution in [1.82, 2.24) is 9.97 Å². The van der Waals surface area contributed by atoms with Crippen LogP contribution < -0.4 is 0 Å². The Morgan fingerprint density at radius 1 is 1.00 bits per heavy atom. The zero-order valence-electron chi connectivity index (χ0n) is 15.6. The summed E-state index contributed by atoms with van der Waals surface area (Å²) < 4.78 is 5.76. The van der Waals surface area contributed by atoms with Gasteiger partial charge < -0.3 is 4.42 Å². The van der Waals surface area contributed by atoms with Crippen molar-refractivity contribution in [2.24, 2.45) is 0 Å². The molecule has 0 atom stereocenters. The van der Waals surface area contributed by atoms with Gasteiger partial charge in [-0.1, -0.05) is 31.0 Å². The minimum Gasteiger partial charge on any atom is -0.439 e. The van der Waals surface area contributed by atoms with Crippen molar-refractivity contribution in [1.29, 1.82) is 0 Å². The Bertz CT molecular complexity index is 844. The quantitative estimate of drug-likeness (QED) is 0.251. The lowest BCUT2D eigenvalue weighted by Crippen LogP contribution is -1.98. The van der Waals surface area contributed by atoms with Crippen LogP contribution in [0.15, 0.2) is 64.2 Å². The third kappa shape index (κ3) is 5.79. The molecule has 0 N–H and O–H groups in total. The number of pyridine rings is 1. The number of Topliss-reactive ketones (excluding diaryl/α,β-unsaturated/α-hetero) is 1. The second-order valence-electron chi connectivity index (χ2n) is 6.40. The summed E-state index contributed by atoms with van der Waals surface area (Å²) in [7, 11) is 0. The number of hydrogen-bond donors (Lipinski definition) is 0. The fraction of sp³-hybridized carbons (Fsp3) is 0.318. The summed E-state index contributed by atoms with van der Waals surface area (Å²) >= 11 is 1.69. The molecule has 0 unspecified atom stereocenters. The summed E-state index contributed by atoms with van der Waals surface area (Å²) in [6.07, 6.45) is 11.0. The summed E-state index contributed by atoms with van der Waals surface area (Å²) in [5, 5.41) is 0. The maximum absolute atomic E-state index is 12.2. The fourth-order valence-electron chi connectivity index (χ4n) is 2.89. The molecule has 0 spiro atoms. The molecule has 0 fully saturated rings. The van der Waals surface area contributed by atoms with Gasteiger partial charge in [-0.05, 0) is 43.4 Å². The minimum absolute atomic E-state index is 0.232. The van der Waals surface area contributed by atoms with Crippen molar-refractivity contribution in [3.8, 4) is 11.5 Å². The van der Waals surface area contributed by atoms with Gasteiger partial charge in [-0.25, -0.2) is 4.98 Å². The molecule has 3 rings (SSSR count). The van der Waals surface area contributed by atoms with Gasteiger partial charge in [0.2, 0.25) is 0 Å². The van der Waals surface area contributed by atoms with Crippen molar-refractivity contribution in [2.45, 2.75) is 43.4 Å². The third-order valence-corrected chi connectivity index (χ3v) is 5.17. The van der Waals surface area contributed by atoms with Crippen LogP contribution in [0.3, 0.4) is 0 Å². The van der Waals surface area contributed by atoms with Gasteiger partial charge in [0, 0.05) is 29.5 Å². The van der Waals surface area contributed by atoms with Crippen LogP contribution in [0.25, 0.3) is 11.5 Å². The van der Waals surface area contributed by atoms with Crippen molar-refractivity contribution in [2.75, 3.05) is 6.26 Å². The molecule has 140 valence electrons. The highest BCUT2D eigenvalue weighted by molar-refractivity contribution is 7.98. The van der Waals surface area contributed by atoms with E-state index in [0.717, 1.165) is 49.3 Å². The molecule has 0 saturated carbocycles. The van der Waals surface area contributed by atoms with Gasteiger partial charge in [-0.15, -0.1) is 11.8 Å². The number of benzene rings is 1. The highest BCUT2D eigenvalue weighted by Crippen LogP contribution is 2.19. The molecule has 2 heterocycles. The van der Waals surface area contributed by atoms with Crippen LogP contribution in [0.2, 0.25) is 0 Å². The van der Waals surface area contributed by atoms with E-state index in [4.69, 9.17) is 4.42 Å². The van der Waals surface area contributed by atoms with Gasteiger partial charge in [0.15, 0.2) is 17.4 Å². The SMILES string of the molecule is CSc1ccc(C(=O)CCCCCCc2ncc(-c3ccccn3)o2)cc1. The number of aromatic nitrogens is 2. The second-order valence-corrected chi connectivity index (χ2v) is 7.28. The lowest BCUT2D eigenvalue weighted by atomic mass is 10.0. The first kappa shape index (κ1) is 19.4. The molecule has 2 aromatic heterocycles. The van der Waals surface area contributed by atoms with Crippen LogP contribution in [-0.4, -0.2) is 22.0 Å². The maximum Gasteiger partial charge on any atom is 0.194 e. The summed E-state index contributed by atoms with van der Waals surface area (Å²) in [4.78, 5) is 22.0. The molecule has 1 aromatic carbocycles. The molecule has 0 amide bonds. The Morgan fingerprint density at radius 3 is 2.56 bits per heavy atom.